The van der Waals surface area contributed by atoms with Gasteiger partial charge in [-0.1, -0.05) is 43.3 Å². The van der Waals surface area contributed by atoms with Gasteiger partial charge in [0.05, 0.1) is 7.11 Å². The summed E-state index contributed by atoms with van der Waals surface area (Å²) >= 11 is 0. The summed E-state index contributed by atoms with van der Waals surface area (Å²) in [5.74, 6) is 1.19. The molecular weight excluding hydrogens is 430 g/mol. The molecule has 0 radical (unpaired) electrons. The average Bonchev–Trinajstić information content (AvgIpc) is 2.87. The van der Waals surface area contributed by atoms with Crippen LogP contribution in [0.15, 0.2) is 48.5 Å². The molecule has 6 heteroatoms. The third-order valence-corrected chi connectivity index (χ3v) is 7.96. The minimum Gasteiger partial charge on any atom is -0.497 e. The van der Waals surface area contributed by atoms with Crippen molar-refractivity contribution in [2.75, 3.05) is 27.9 Å². The number of nitrogens with zero attached hydrogens (tertiary/aromatic N) is 1. The first-order valence-corrected chi connectivity index (χ1v) is 12.2. The van der Waals surface area contributed by atoms with Crippen LogP contribution in [0.2, 0.25) is 0 Å². The first-order chi connectivity index (χ1) is 16.5. The molecule has 4 rings (SSSR count). The maximum atomic E-state index is 13.2. The number of likely N-dealkylation sites (tertiary alicyclic amines) is 1. The van der Waals surface area contributed by atoms with Crippen molar-refractivity contribution < 1.29 is 23.7 Å². The minimum atomic E-state index is -0.218. The van der Waals surface area contributed by atoms with Crippen molar-refractivity contribution in [1.29, 1.82) is 0 Å². The number of piperidine rings is 1. The number of amides is 1. The van der Waals surface area contributed by atoms with E-state index in [9.17, 15) is 4.79 Å². The fourth-order valence-corrected chi connectivity index (χ4v) is 6.00. The monoisotopic (exact) mass is 467 g/mol. The molecule has 3 atom stereocenters. The van der Waals surface area contributed by atoms with Gasteiger partial charge in [-0.15, -0.1) is 0 Å². The zero-order valence-corrected chi connectivity index (χ0v) is 20.8. The Morgan fingerprint density at radius 3 is 2.59 bits per heavy atom. The highest BCUT2D eigenvalue weighted by atomic mass is 16.7. The van der Waals surface area contributed by atoms with Crippen LogP contribution in [0.1, 0.15) is 49.3 Å². The Balaban J connectivity index is 1.56. The summed E-state index contributed by atoms with van der Waals surface area (Å²) in [6.07, 6.45) is 4.17. The van der Waals surface area contributed by atoms with Crippen LogP contribution >= 0.6 is 0 Å². The van der Waals surface area contributed by atoms with Crippen LogP contribution in [0, 0.1) is 5.92 Å². The average molecular weight is 468 g/mol. The van der Waals surface area contributed by atoms with Crippen molar-refractivity contribution in [3.8, 4) is 5.75 Å². The third-order valence-electron chi connectivity index (χ3n) is 7.96. The summed E-state index contributed by atoms with van der Waals surface area (Å²) in [4.78, 5) is 15.1. The molecule has 2 aromatic carbocycles. The topological polar surface area (TPSA) is 57.2 Å². The lowest BCUT2D eigenvalue weighted by molar-refractivity contribution is -0.108. The van der Waals surface area contributed by atoms with Crippen molar-refractivity contribution in [1.82, 2.24) is 4.90 Å². The number of benzene rings is 2. The second-order valence-electron chi connectivity index (χ2n) is 9.52. The molecule has 6 nitrogen and oxygen atoms in total. The van der Waals surface area contributed by atoms with E-state index in [0.717, 1.165) is 43.4 Å². The largest absolute Gasteiger partial charge is 0.497 e. The number of fused-ring (bicyclic) bond motifs is 4. The fourth-order valence-electron chi connectivity index (χ4n) is 6.00. The Hall–Kier alpha value is -2.57. The number of carbonyl (C=O) groups is 1. The molecule has 2 aromatic rings. The second kappa shape index (κ2) is 10.8. The highest BCUT2D eigenvalue weighted by Gasteiger charge is 2.52. The molecule has 0 aromatic heterocycles. The normalized spacial score (nSPS) is 23.5. The van der Waals surface area contributed by atoms with E-state index in [-0.39, 0.29) is 23.8 Å². The number of hydrogen-bond donors (Lipinski definition) is 0. The summed E-state index contributed by atoms with van der Waals surface area (Å²) in [5, 5.41) is 0. The number of ether oxygens (including phenoxy) is 4. The van der Waals surface area contributed by atoms with E-state index >= 15 is 0 Å². The van der Waals surface area contributed by atoms with Crippen LogP contribution in [-0.4, -0.2) is 51.2 Å². The lowest BCUT2D eigenvalue weighted by atomic mass is 9.56. The summed E-state index contributed by atoms with van der Waals surface area (Å²) in [6, 6.07) is 16.4. The van der Waals surface area contributed by atoms with Gasteiger partial charge < -0.3 is 23.8 Å². The molecule has 34 heavy (non-hydrogen) atoms. The predicted molar refractivity (Wildman–Crippen MR) is 131 cm³/mol. The molecule has 0 unspecified atom stereocenters. The number of carbonyl (C=O) groups excluding carboxylic acids is 1. The lowest BCUT2D eigenvalue weighted by Crippen LogP contribution is -2.60. The summed E-state index contributed by atoms with van der Waals surface area (Å²) in [7, 11) is 5.09. The molecule has 1 heterocycles. The molecule has 184 valence electrons. The molecule has 1 aliphatic carbocycles. The smallest absolute Gasteiger partial charge is 0.410 e. The van der Waals surface area contributed by atoms with Crippen LogP contribution in [-0.2, 0) is 32.7 Å². The van der Waals surface area contributed by atoms with E-state index in [1.165, 1.54) is 11.1 Å². The van der Waals surface area contributed by atoms with Crippen molar-refractivity contribution in [2.45, 2.75) is 63.4 Å². The first-order valence-electron chi connectivity index (χ1n) is 12.2. The van der Waals surface area contributed by atoms with Gasteiger partial charge in [0.15, 0.2) is 6.29 Å². The Bertz CT molecular complexity index is 961. The highest BCUT2D eigenvalue weighted by Crippen LogP contribution is 2.52. The number of hydrogen-bond acceptors (Lipinski definition) is 5. The van der Waals surface area contributed by atoms with Gasteiger partial charge in [0.1, 0.15) is 12.4 Å². The summed E-state index contributed by atoms with van der Waals surface area (Å²) < 4.78 is 22.2. The number of rotatable bonds is 9. The summed E-state index contributed by atoms with van der Waals surface area (Å²) in [6.45, 7) is 3.29. The Morgan fingerprint density at radius 1 is 1.12 bits per heavy atom. The van der Waals surface area contributed by atoms with E-state index in [2.05, 4.69) is 19.1 Å². The van der Waals surface area contributed by atoms with Crippen LogP contribution in [0.25, 0.3) is 0 Å². The van der Waals surface area contributed by atoms with Gasteiger partial charge in [-0.3, -0.25) is 0 Å². The molecule has 2 bridgehead atoms. The molecule has 0 saturated carbocycles. The van der Waals surface area contributed by atoms with E-state index in [1.807, 2.05) is 41.3 Å². The van der Waals surface area contributed by atoms with Crippen LogP contribution in [0.5, 0.6) is 5.75 Å². The van der Waals surface area contributed by atoms with Crippen molar-refractivity contribution in [3.05, 3.63) is 65.2 Å². The molecular formula is C28H37NO5. The van der Waals surface area contributed by atoms with Gasteiger partial charge >= 0.3 is 6.09 Å². The van der Waals surface area contributed by atoms with Gasteiger partial charge in [0.2, 0.25) is 0 Å². The van der Waals surface area contributed by atoms with Crippen LogP contribution in [0.3, 0.4) is 0 Å². The third kappa shape index (κ3) is 4.80. The highest BCUT2D eigenvalue weighted by molar-refractivity contribution is 5.69. The zero-order chi connectivity index (χ0) is 24.1. The first kappa shape index (κ1) is 24.6. The van der Waals surface area contributed by atoms with E-state index < -0.39 is 0 Å². The van der Waals surface area contributed by atoms with Crippen LogP contribution in [0.4, 0.5) is 4.79 Å². The van der Waals surface area contributed by atoms with Gasteiger partial charge in [-0.2, -0.15) is 0 Å². The van der Waals surface area contributed by atoms with E-state index in [0.29, 0.717) is 19.1 Å². The summed E-state index contributed by atoms with van der Waals surface area (Å²) in [5.41, 5.74) is 3.66. The van der Waals surface area contributed by atoms with Gasteiger partial charge in [-0.25, -0.2) is 4.79 Å². The van der Waals surface area contributed by atoms with Crippen molar-refractivity contribution >= 4 is 6.09 Å². The minimum absolute atomic E-state index is 0.0188. The Morgan fingerprint density at radius 2 is 1.88 bits per heavy atom. The van der Waals surface area contributed by atoms with Crippen molar-refractivity contribution in [2.24, 2.45) is 5.92 Å². The zero-order valence-electron chi connectivity index (χ0n) is 20.8. The van der Waals surface area contributed by atoms with Crippen molar-refractivity contribution in [3.63, 3.8) is 0 Å². The molecule has 1 amide bonds. The SMILES string of the molecule is COc1ccc2c(c1)[C@]1(CCCC(OC)OC)CCN(C(=O)OCc3ccccc3)[C@H](C2)[C@@H]1C. The molecule has 1 fully saturated rings. The van der Waals surface area contributed by atoms with Gasteiger partial charge in [0, 0.05) is 32.2 Å². The standard InChI is InChI=1S/C28H37NO5/c1-20-25-17-22-12-13-23(31-2)18-24(22)28(20,14-8-11-26(32-3)33-4)15-16-29(25)27(30)34-19-21-9-6-5-7-10-21/h5-7,9-10,12-13,18,20,25-26H,8,11,14-17,19H2,1-4H3/t20-,25+,28+/m0/s1. The Kier molecular flexibility index (Phi) is 7.79. The number of methoxy groups -OCH3 is 3. The fraction of sp³-hybridized carbons (Fsp3) is 0.536. The molecule has 0 N–H and O–H groups in total. The second-order valence-corrected chi connectivity index (χ2v) is 9.52. The van der Waals surface area contributed by atoms with Gasteiger partial charge in [-0.05, 0) is 66.8 Å². The molecule has 1 aliphatic heterocycles. The molecule has 2 aliphatic rings. The van der Waals surface area contributed by atoms with E-state index in [1.54, 1.807) is 21.3 Å². The molecule has 1 saturated heterocycles. The van der Waals surface area contributed by atoms with Crippen LogP contribution < -0.4 is 4.74 Å². The maximum Gasteiger partial charge on any atom is 0.410 e. The maximum absolute atomic E-state index is 13.2. The van der Waals surface area contributed by atoms with Gasteiger partial charge in [0.25, 0.3) is 0 Å². The quantitative estimate of drug-likeness (QED) is 0.467. The Labute approximate surface area is 203 Å². The van der Waals surface area contributed by atoms with E-state index in [4.69, 9.17) is 18.9 Å². The predicted octanol–water partition coefficient (Wildman–Crippen LogP) is 5.33. The lowest BCUT2D eigenvalue weighted by Gasteiger charge is -2.55. The molecule has 0 spiro atoms.